The summed E-state index contributed by atoms with van der Waals surface area (Å²) < 4.78 is 0. The summed E-state index contributed by atoms with van der Waals surface area (Å²) in [6.07, 6.45) is 1.78. The fourth-order valence-electron chi connectivity index (χ4n) is 0.992. The number of nitrogens with zero attached hydrogens (tertiary/aromatic N) is 1. The minimum absolute atomic E-state index is 0.0255. The number of anilines is 1. The van der Waals surface area contributed by atoms with Crippen LogP contribution >= 0.6 is 11.8 Å². The third-order valence-electron chi connectivity index (χ3n) is 1.56. The van der Waals surface area contributed by atoms with Gasteiger partial charge in [-0.1, -0.05) is 6.07 Å². The summed E-state index contributed by atoms with van der Waals surface area (Å²) in [6.45, 7) is 0. The Bertz CT molecular complexity index is 307. The maximum absolute atomic E-state index is 10.7. The van der Waals surface area contributed by atoms with Gasteiger partial charge < -0.3 is 5.43 Å². The largest absolute Gasteiger partial charge is 0.318 e. The fourth-order valence-corrected chi connectivity index (χ4v) is 1.58. The van der Waals surface area contributed by atoms with Gasteiger partial charge in [-0.3, -0.25) is 16.0 Å². The first-order valence-corrected chi connectivity index (χ1v) is 4.71. The molecule has 6 heteroatoms. The first-order chi connectivity index (χ1) is 6.20. The molecule has 1 rings (SSSR count). The van der Waals surface area contributed by atoms with E-state index in [1.54, 1.807) is 24.5 Å². The lowest BCUT2D eigenvalue weighted by Crippen LogP contribution is -2.09. The molecule has 0 atom stereocenters. The zero-order valence-corrected chi connectivity index (χ0v) is 7.80. The van der Waals surface area contributed by atoms with Crippen molar-refractivity contribution in [3.63, 3.8) is 0 Å². The normalized spacial score (nSPS) is 9.69. The van der Waals surface area contributed by atoms with Gasteiger partial charge in [0.25, 0.3) is 0 Å². The van der Waals surface area contributed by atoms with E-state index in [0.29, 0.717) is 10.6 Å². The van der Waals surface area contributed by atoms with Gasteiger partial charge in [-0.15, -0.1) is 11.8 Å². The van der Waals surface area contributed by atoms with Gasteiger partial charge in [0.2, 0.25) is 0 Å². The quantitative estimate of drug-likeness (QED) is 0.334. The predicted molar refractivity (Wildman–Crippen MR) is 52.7 cm³/mol. The second-order valence-corrected chi connectivity index (χ2v) is 3.11. The molecular weight excluding hydrogens is 190 g/mol. The summed E-state index contributed by atoms with van der Waals surface area (Å²) in [6, 6.07) is 4.97. The van der Waals surface area contributed by atoms with Crippen molar-refractivity contribution in [1.82, 2.24) is 0 Å². The molecule has 0 spiro atoms. The van der Waals surface area contributed by atoms with Crippen LogP contribution < -0.4 is 11.3 Å². The van der Waals surface area contributed by atoms with Gasteiger partial charge in [0.05, 0.1) is 9.82 Å². The van der Waals surface area contributed by atoms with E-state index in [4.69, 9.17) is 5.84 Å². The number of hydrazine groups is 1. The molecule has 0 fully saturated rings. The molecule has 13 heavy (non-hydrogen) atoms. The Morgan fingerprint density at radius 3 is 2.77 bits per heavy atom. The molecule has 0 aliphatic carbocycles. The predicted octanol–water partition coefficient (Wildman–Crippen LogP) is 1.60. The van der Waals surface area contributed by atoms with E-state index in [1.165, 1.54) is 11.8 Å². The van der Waals surface area contributed by atoms with Crippen LogP contribution in [0.25, 0.3) is 0 Å². The number of hydrogen-bond acceptors (Lipinski definition) is 5. The Morgan fingerprint density at radius 2 is 2.31 bits per heavy atom. The molecule has 0 unspecified atom stereocenters. The number of hydrogen-bond donors (Lipinski definition) is 2. The summed E-state index contributed by atoms with van der Waals surface area (Å²) in [5.41, 5.74) is 2.65. The van der Waals surface area contributed by atoms with Crippen molar-refractivity contribution >= 4 is 23.1 Å². The van der Waals surface area contributed by atoms with Crippen molar-refractivity contribution in [2.75, 3.05) is 11.7 Å². The molecule has 70 valence electrons. The summed E-state index contributed by atoms with van der Waals surface area (Å²) in [7, 11) is 0. The van der Waals surface area contributed by atoms with Crippen LogP contribution in [0.15, 0.2) is 23.1 Å². The Balaban J connectivity index is 3.29. The molecular formula is C7H9N3O2S. The SMILES string of the molecule is CSc1cccc(NN)c1[N+](=O)[O-]. The smallest absolute Gasteiger partial charge is 0.307 e. The van der Waals surface area contributed by atoms with Crippen LogP contribution in [-0.2, 0) is 0 Å². The average molecular weight is 199 g/mol. The number of nitrogens with one attached hydrogen (secondary N) is 1. The fraction of sp³-hybridized carbons (Fsp3) is 0.143. The summed E-state index contributed by atoms with van der Waals surface area (Å²) in [5.74, 6) is 5.15. The van der Waals surface area contributed by atoms with Crippen molar-refractivity contribution in [2.24, 2.45) is 5.84 Å². The molecule has 0 bridgehead atoms. The van der Waals surface area contributed by atoms with Crippen molar-refractivity contribution in [1.29, 1.82) is 0 Å². The molecule has 0 amide bonds. The molecule has 0 saturated heterocycles. The first-order valence-electron chi connectivity index (χ1n) is 3.48. The van der Waals surface area contributed by atoms with Gasteiger partial charge in [-0.05, 0) is 18.4 Å². The highest BCUT2D eigenvalue weighted by molar-refractivity contribution is 7.98. The van der Waals surface area contributed by atoms with Crippen LogP contribution in [0.2, 0.25) is 0 Å². The Kier molecular flexibility index (Phi) is 3.10. The average Bonchev–Trinajstić information content (AvgIpc) is 2.16. The number of nitro benzene ring substituents is 1. The topological polar surface area (TPSA) is 81.2 Å². The number of thioether (sulfide) groups is 1. The van der Waals surface area contributed by atoms with Crippen LogP contribution in [0.3, 0.4) is 0 Å². The van der Waals surface area contributed by atoms with Crippen molar-refractivity contribution in [2.45, 2.75) is 4.90 Å². The van der Waals surface area contributed by atoms with E-state index < -0.39 is 4.92 Å². The number of rotatable bonds is 3. The van der Waals surface area contributed by atoms with E-state index in [-0.39, 0.29) is 5.69 Å². The zero-order chi connectivity index (χ0) is 9.84. The second kappa shape index (κ2) is 4.11. The van der Waals surface area contributed by atoms with Gasteiger partial charge >= 0.3 is 5.69 Å². The second-order valence-electron chi connectivity index (χ2n) is 2.26. The number of benzene rings is 1. The highest BCUT2D eigenvalue weighted by atomic mass is 32.2. The van der Waals surface area contributed by atoms with Crippen molar-refractivity contribution in [3.05, 3.63) is 28.3 Å². The summed E-state index contributed by atoms with van der Waals surface area (Å²) in [4.78, 5) is 10.8. The number of nitro groups is 1. The lowest BCUT2D eigenvalue weighted by atomic mass is 10.3. The number of para-hydroxylation sites is 1. The van der Waals surface area contributed by atoms with Crippen LogP contribution in [-0.4, -0.2) is 11.2 Å². The van der Waals surface area contributed by atoms with E-state index in [2.05, 4.69) is 5.43 Å². The van der Waals surface area contributed by atoms with Crippen molar-refractivity contribution in [3.8, 4) is 0 Å². The lowest BCUT2D eigenvalue weighted by molar-refractivity contribution is -0.386. The monoisotopic (exact) mass is 199 g/mol. The molecule has 0 aliphatic heterocycles. The van der Waals surface area contributed by atoms with Gasteiger partial charge in [0, 0.05) is 0 Å². The molecule has 3 N–H and O–H groups in total. The Hall–Kier alpha value is -1.27. The lowest BCUT2D eigenvalue weighted by Gasteiger charge is -2.04. The van der Waals surface area contributed by atoms with E-state index in [0.717, 1.165) is 0 Å². The molecule has 1 aromatic carbocycles. The van der Waals surface area contributed by atoms with E-state index in [9.17, 15) is 10.1 Å². The van der Waals surface area contributed by atoms with Crippen LogP contribution in [0, 0.1) is 10.1 Å². The van der Waals surface area contributed by atoms with Crippen LogP contribution in [0.5, 0.6) is 0 Å². The van der Waals surface area contributed by atoms with Gasteiger partial charge in [-0.2, -0.15) is 0 Å². The van der Waals surface area contributed by atoms with Gasteiger partial charge in [0.15, 0.2) is 0 Å². The zero-order valence-electron chi connectivity index (χ0n) is 6.98. The standard InChI is InChI=1S/C7H9N3O2S/c1-13-6-4-2-3-5(9-8)7(6)10(11)12/h2-4,9H,8H2,1H3. The van der Waals surface area contributed by atoms with E-state index >= 15 is 0 Å². The number of nitrogens with two attached hydrogens (primary N) is 1. The minimum atomic E-state index is -0.443. The highest BCUT2D eigenvalue weighted by Crippen LogP contribution is 2.33. The summed E-state index contributed by atoms with van der Waals surface area (Å²) >= 11 is 1.32. The minimum Gasteiger partial charge on any atom is -0.318 e. The van der Waals surface area contributed by atoms with Crippen molar-refractivity contribution < 1.29 is 4.92 Å². The molecule has 1 aromatic rings. The maximum atomic E-state index is 10.7. The number of nitrogen functional groups attached to an aromatic ring is 1. The maximum Gasteiger partial charge on any atom is 0.307 e. The third kappa shape index (κ3) is 1.90. The Labute approximate surface area is 79.4 Å². The molecule has 5 nitrogen and oxygen atoms in total. The Morgan fingerprint density at radius 1 is 1.62 bits per heavy atom. The molecule has 0 aliphatic rings. The first kappa shape index (κ1) is 9.82. The highest BCUT2D eigenvalue weighted by Gasteiger charge is 2.17. The van der Waals surface area contributed by atoms with Gasteiger partial charge in [0.1, 0.15) is 5.69 Å². The van der Waals surface area contributed by atoms with Gasteiger partial charge in [-0.25, -0.2) is 0 Å². The molecule has 0 radical (unpaired) electrons. The van der Waals surface area contributed by atoms with Crippen LogP contribution in [0.4, 0.5) is 11.4 Å². The van der Waals surface area contributed by atoms with E-state index in [1.807, 2.05) is 0 Å². The third-order valence-corrected chi connectivity index (χ3v) is 2.33. The molecule has 0 saturated carbocycles. The molecule has 0 heterocycles. The molecule has 0 aromatic heterocycles. The van der Waals surface area contributed by atoms with Crippen LogP contribution in [0.1, 0.15) is 0 Å². The summed E-state index contributed by atoms with van der Waals surface area (Å²) in [5, 5.41) is 10.7.